The van der Waals surface area contributed by atoms with Gasteiger partial charge in [-0.1, -0.05) is 176 Å². The maximum absolute atomic E-state index is 7.92. The van der Waals surface area contributed by atoms with E-state index in [0.717, 1.165) is 61.5 Å². The van der Waals surface area contributed by atoms with Gasteiger partial charge < -0.3 is 0 Å². The summed E-state index contributed by atoms with van der Waals surface area (Å²) in [5.74, 6) is 0.684. The Morgan fingerprint density at radius 2 is 0.842 bits per heavy atom. The minimum absolute atomic E-state index is 0.458. The van der Waals surface area contributed by atoms with Gasteiger partial charge in [-0.3, -0.25) is 0 Å². The number of hydrogen-bond acceptors (Lipinski definition) is 2. The summed E-state index contributed by atoms with van der Waals surface area (Å²) in [4.78, 5) is 14.2. The summed E-state index contributed by atoms with van der Waals surface area (Å²) in [7, 11) is 0. The van der Waals surface area contributed by atoms with Crippen molar-refractivity contribution in [3.8, 4) is 78.4 Å². The van der Waals surface area contributed by atoms with Crippen LogP contribution in [0.5, 0.6) is 0 Å². The highest BCUT2D eigenvalue weighted by atomic mass is 14.9. The molecular weight excluding hydrogens is 691 g/mol. The predicted octanol–water partition coefficient (Wildman–Crippen LogP) is 13.7. The van der Waals surface area contributed by atoms with E-state index in [4.69, 9.17) is 16.5 Å². The van der Waals surface area contributed by atoms with Crippen LogP contribution in [0.4, 0.5) is 5.69 Å². The standard InChI is InChI=1S/C54H33N3/c1-55-40-28-30-50-46(33-40)45-32-38(27-29-49(45)54(50)47-25-12-10-22-42(47)43-23-11-13-26-48(43)54)37-19-14-20-39(31-37)51-34-52(57-53(56-51)36-17-6-3-7-18-36)44-24-9-8-21-41(44)35-15-4-2-5-16-35/h2-34H. The van der Waals surface area contributed by atoms with E-state index < -0.39 is 5.41 Å². The van der Waals surface area contributed by atoms with Crippen molar-refractivity contribution in [3.05, 3.63) is 234 Å². The lowest BCUT2D eigenvalue weighted by molar-refractivity contribution is 0.794. The minimum Gasteiger partial charge on any atom is -0.238 e. The van der Waals surface area contributed by atoms with Crippen molar-refractivity contribution < 1.29 is 0 Å². The fraction of sp³-hybridized carbons (Fsp3) is 0.0185. The number of fused-ring (bicyclic) bond motifs is 10. The lowest BCUT2D eigenvalue weighted by Crippen LogP contribution is -2.25. The van der Waals surface area contributed by atoms with E-state index in [1.807, 2.05) is 30.3 Å². The predicted molar refractivity (Wildman–Crippen MR) is 232 cm³/mol. The van der Waals surface area contributed by atoms with Gasteiger partial charge in [-0.25, -0.2) is 14.8 Å². The molecule has 0 unspecified atom stereocenters. The maximum Gasteiger partial charge on any atom is 0.187 e. The summed E-state index contributed by atoms with van der Waals surface area (Å²) < 4.78 is 0. The molecule has 3 nitrogen and oxygen atoms in total. The Balaban J connectivity index is 1.08. The summed E-state index contributed by atoms with van der Waals surface area (Å²) in [6.07, 6.45) is 0. The topological polar surface area (TPSA) is 30.1 Å². The monoisotopic (exact) mass is 723 g/mol. The van der Waals surface area contributed by atoms with Gasteiger partial charge in [0.1, 0.15) is 0 Å². The molecule has 0 saturated carbocycles. The Kier molecular flexibility index (Phi) is 7.45. The molecule has 0 atom stereocenters. The van der Waals surface area contributed by atoms with Crippen LogP contribution < -0.4 is 0 Å². The number of hydrogen-bond donors (Lipinski definition) is 0. The third kappa shape index (κ3) is 5.05. The summed E-state index contributed by atoms with van der Waals surface area (Å²) >= 11 is 0. The zero-order valence-electron chi connectivity index (χ0n) is 30.9. The molecule has 0 fully saturated rings. The van der Waals surface area contributed by atoms with Crippen LogP contribution in [0.15, 0.2) is 200 Å². The van der Waals surface area contributed by atoms with Crippen LogP contribution in [0.25, 0.3) is 83.3 Å². The van der Waals surface area contributed by atoms with Crippen LogP contribution in [0, 0.1) is 6.57 Å². The highest BCUT2D eigenvalue weighted by Gasteiger charge is 2.51. The molecule has 264 valence electrons. The van der Waals surface area contributed by atoms with Crippen LogP contribution in [0.3, 0.4) is 0 Å². The van der Waals surface area contributed by atoms with Crippen LogP contribution in [-0.4, -0.2) is 9.97 Å². The molecule has 1 heterocycles. The molecule has 11 rings (SSSR count). The maximum atomic E-state index is 7.92. The van der Waals surface area contributed by atoms with E-state index in [-0.39, 0.29) is 0 Å². The van der Waals surface area contributed by atoms with E-state index in [0.29, 0.717) is 11.5 Å². The quantitative estimate of drug-likeness (QED) is 0.166. The number of nitrogens with zero attached hydrogens (tertiary/aromatic N) is 3. The molecule has 2 aliphatic rings. The first-order chi connectivity index (χ1) is 28.2. The Morgan fingerprint density at radius 3 is 1.54 bits per heavy atom. The van der Waals surface area contributed by atoms with E-state index in [1.54, 1.807) is 0 Å². The molecule has 8 aromatic carbocycles. The van der Waals surface area contributed by atoms with Crippen LogP contribution in [-0.2, 0) is 5.41 Å². The molecule has 0 bridgehead atoms. The van der Waals surface area contributed by atoms with Crippen molar-refractivity contribution >= 4 is 5.69 Å². The first kappa shape index (κ1) is 32.7. The van der Waals surface area contributed by atoms with E-state index in [1.165, 1.54) is 33.4 Å². The lowest BCUT2D eigenvalue weighted by atomic mass is 9.70. The normalized spacial score (nSPS) is 12.7. The van der Waals surface area contributed by atoms with Gasteiger partial charge in [0.25, 0.3) is 0 Å². The van der Waals surface area contributed by atoms with Crippen molar-refractivity contribution in [2.75, 3.05) is 0 Å². The first-order valence-corrected chi connectivity index (χ1v) is 19.3. The average molecular weight is 724 g/mol. The summed E-state index contributed by atoms with van der Waals surface area (Å²) in [5, 5.41) is 0. The Morgan fingerprint density at radius 1 is 0.333 bits per heavy atom. The van der Waals surface area contributed by atoms with Gasteiger partial charge in [0, 0.05) is 16.7 Å². The summed E-state index contributed by atoms with van der Waals surface area (Å²) in [6, 6.07) is 70.8. The highest BCUT2D eigenvalue weighted by molar-refractivity contribution is 5.97. The zero-order valence-corrected chi connectivity index (χ0v) is 30.9. The van der Waals surface area contributed by atoms with Crippen LogP contribution >= 0.6 is 0 Å². The number of benzene rings is 8. The molecule has 0 saturated heterocycles. The molecular formula is C54H33N3. The summed E-state index contributed by atoms with van der Waals surface area (Å²) in [6.45, 7) is 7.92. The van der Waals surface area contributed by atoms with Gasteiger partial charge >= 0.3 is 0 Å². The van der Waals surface area contributed by atoms with Gasteiger partial charge in [0.2, 0.25) is 0 Å². The molecule has 0 amide bonds. The molecule has 9 aromatic rings. The van der Waals surface area contributed by atoms with E-state index in [2.05, 4.69) is 175 Å². The Hall–Kier alpha value is -7.67. The van der Waals surface area contributed by atoms with Gasteiger partial charge in [0.05, 0.1) is 23.4 Å². The molecule has 0 aliphatic heterocycles. The fourth-order valence-electron chi connectivity index (χ4n) is 9.27. The van der Waals surface area contributed by atoms with Crippen LogP contribution in [0.1, 0.15) is 22.3 Å². The zero-order chi connectivity index (χ0) is 37.9. The third-order valence-electron chi connectivity index (χ3n) is 11.7. The smallest absolute Gasteiger partial charge is 0.187 e. The SMILES string of the molecule is [C-]#[N+]c1ccc2c(c1)-c1cc(-c3cccc(-c4cc(-c5ccccc5-c5ccccc5)nc(-c5ccccc5)n4)c3)ccc1C21c2ccccc2-c2ccccc21. The van der Waals surface area contributed by atoms with Gasteiger partial charge in [-0.2, -0.15) is 0 Å². The van der Waals surface area contributed by atoms with Crippen molar-refractivity contribution in [2.24, 2.45) is 0 Å². The highest BCUT2D eigenvalue weighted by Crippen LogP contribution is 2.63. The lowest BCUT2D eigenvalue weighted by Gasteiger charge is -2.30. The van der Waals surface area contributed by atoms with Crippen molar-refractivity contribution in [1.29, 1.82) is 0 Å². The number of rotatable bonds is 5. The molecule has 57 heavy (non-hydrogen) atoms. The Labute approximate surface area is 332 Å². The molecule has 3 heteroatoms. The summed E-state index contributed by atoms with van der Waals surface area (Å²) in [5.41, 5.74) is 19.3. The largest absolute Gasteiger partial charge is 0.238 e. The van der Waals surface area contributed by atoms with Crippen molar-refractivity contribution in [2.45, 2.75) is 5.41 Å². The third-order valence-corrected chi connectivity index (χ3v) is 11.7. The molecule has 2 aliphatic carbocycles. The second kappa shape index (κ2) is 13.0. The average Bonchev–Trinajstić information content (AvgIpc) is 3.76. The van der Waals surface area contributed by atoms with Gasteiger partial charge in [-0.15, -0.1) is 0 Å². The fourth-order valence-corrected chi connectivity index (χ4v) is 9.27. The second-order valence-corrected chi connectivity index (χ2v) is 14.8. The molecule has 0 N–H and O–H groups in total. The van der Waals surface area contributed by atoms with Crippen molar-refractivity contribution in [1.82, 2.24) is 9.97 Å². The second-order valence-electron chi connectivity index (χ2n) is 14.8. The molecule has 1 aromatic heterocycles. The van der Waals surface area contributed by atoms with Crippen LogP contribution in [0.2, 0.25) is 0 Å². The molecule has 1 spiro atoms. The van der Waals surface area contributed by atoms with E-state index >= 15 is 0 Å². The molecule has 0 radical (unpaired) electrons. The van der Waals surface area contributed by atoms with Gasteiger partial charge in [-0.05, 0) is 91.0 Å². The minimum atomic E-state index is -0.458. The first-order valence-electron chi connectivity index (χ1n) is 19.3. The van der Waals surface area contributed by atoms with E-state index in [9.17, 15) is 0 Å². The van der Waals surface area contributed by atoms with Crippen molar-refractivity contribution in [3.63, 3.8) is 0 Å². The van der Waals surface area contributed by atoms with Gasteiger partial charge in [0.15, 0.2) is 11.5 Å². The Bertz CT molecular complexity index is 3040. The number of aromatic nitrogens is 2.